The number of amides is 2. The van der Waals surface area contributed by atoms with Crippen molar-refractivity contribution in [2.45, 2.75) is 33.6 Å². The minimum atomic E-state index is -1.23. The van der Waals surface area contributed by atoms with Crippen LogP contribution in [0.25, 0.3) is 0 Å². The first kappa shape index (κ1) is 19.5. The van der Waals surface area contributed by atoms with Gasteiger partial charge in [0.2, 0.25) is 11.8 Å². The summed E-state index contributed by atoms with van der Waals surface area (Å²) in [5.74, 6) is 0.242. The second-order valence-corrected chi connectivity index (χ2v) is 7.00. The molecule has 0 radical (unpaired) electrons. The highest BCUT2D eigenvalue weighted by molar-refractivity contribution is 6.14. The van der Waals surface area contributed by atoms with Crippen molar-refractivity contribution >= 4 is 23.2 Å². The van der Waals surface area contributed by atoms with Gasteiger partial charge in [-0.05, 0) is 55.7 Å². The summed E-state index contributed by atoms with van der Waals surface area (Å²) < 4.78 is 5.10. The molecule has 0 bridgehead atoms. The van der Waals surface area contributed by atoms with Gasteiger partial charge in [-0.3, -0.25) is 9.59 Å². The topological polar surface area (TPSA) is 67.4 Å². The minimum absolute atomic E-state index is 0.266. The third-order valence-electron chi connectivity index (χ3n) is 4.31. The predicted octanol–water partition coefficient (Wildman–Crippen LogP) is 4.42. The molecule has 0 aromatic heterocycles. The molecule has 2 amide bonds. The Hall–Kier alpha value is -2.82. The molecule has 0 fully saturated rings. The maximum absolute atomic E-state index is 12.7. The average molecular weight is 354 g/mol. The highest BCUT2D eigenvalue weighted by Crippen LogP contribution is 2.27. The normalized spacial score (nSPS) is 11.2. The Morgan fingerprint density at radius 2 is 1.50 bits per heavy atom. The van der Waals surface area contributed by atoms with Crippen molar-refractivity contribution < 1.29 is 14.3 Å². The fourth-order valence-electron chi connectivity index (χ4n) is 2.46. The Bertz CT molecular complexity index is 780. The summed E-state index contributed by atoms with van der Waals surface area (Å²) in [6.45, 7) is 7.34. The van der Waals surface area contributed by atoms with Crippen LogP contribution >= 0.6 is 0 Å². The zero-order valence-electron chi connectivity index (χ0n) is 15.9. The molecule has 5 nitrogen and oxygen atoms in total. The Morgan fingerprint density at radius 1 is 0.923 bits per heavy atom. The highest BCUT2D eigenvalue weighted by Gasteiger charge is 2.36. The number of benzene rings is 2. The number of ether oxygens (including phenoxy) is 1. The van der Waals surface area contributed by atoms with Gasteiger partial charge in [-0.25, -0.2) is 0 Å². The van der Waals surface area contributed by atoms with E-state index in [1.807, 2.05) is 24.3 Å². The number of methoxy groups -OCH3 is 1. The first-order valence-electron chi connectivity index (χ1n) is 8.61. The molecule has 0 aliphatic rings. The van der Waals surface area contributed by atoms with Crippen LogP contribution in [0.4, 0.5) is 11.4 Å². The molecular weight excluding hydrogens is 328 g/mol. The van der Waals surface area contributed by atoms with Crippen molar-refractivity contribution in [3.63, 3.8) is 0 Å². The van der Waals surface area contributed by atoms with Gasteiger partial charge in [-0.15, -0.1) is 0 Å². The number of carbonyl (C=O) groups is 2. The van der Waals surface area contributed by atoms with Crippen LogP contribution in [0, 0.1) is 5.41 Å². The van der Waals surface area contributed by atoms with E-state index in [0.717, 1.165) is 11.3 Å². The molecule has 0 saturated carbocycles. The third kappa shape index (κ3) is 4.42. The fraction of sp³-hybridized carbons (Fsp3) is 0.333. The molecule has 0 unspecified atom stereocenters. The van der Waals surface area contributed by atoms with Gasteiger partial charge in [0.25, 0.3) is 0 Å². The van der Waals surface area contributed by atoms with Crippen molar-refractivity contribution in [1.82, 2.24) is 0 Å². The monoisotopic (exact) mass is 354 g/mol. The summed E-state index contributed by atoms with van der Waals surface area (Å²) in [5.41, 5.74) is 1.15. The molecule has 0 aliphatic heterocycles. The number of rotatable bonds is 6. The number of hydrogen-bond acceptors (Lipinski definition) is 3. The molecule has 0 aliphatic carbocycles. The van der Waals surface area contributed by atoms with Crippen molar-refractivity contribution in [1.29, 1.82) is 0 Å². The van der Waals surface area contributed by atoms with Crippen LogP contribution in [-0.2, 0) is 9.59 Å². The summed E-state index contributed by atoms with van der Waals surface area (Å²) in [5, 5.41) is 5.68. The SMILES string of the molecule is COc1ccc(NC(=O)C(C)(C)C(=O)Nc2ccccc2C(C)C)cc1. The van der Waals surface area contributed by atoms with Crippen LogP contribution in [-0.4, -0.2) is 18.9 Å². The van der Waals surface area contributed by atoms with Crippen molar-refractivity contribution in [3.05, 3.63) is 54.1 Å². The van der Waals surface area contributed by atoms with E-state index >= 15 is 0 Å². The fourth-order valence-corrected chi connectivity index (χ4v) is 2.46. The van der Waals surface area contributed by atoms with Crippen LogP contribution in [0.1, 0.15) is 39.2 Å². The van der Waals surface area contributed by atoms with E-state index < -0.39 is 5.41 Å². The zero-order valence-corrected chi connectivity index (χ0v) is 15.9. The van der Waals surface area contributed by atoms with Gasteiger partial charge in [-0.1, -0.05) is 32.0 Å². The first-order valence-corrected chi connectivity index (χ1v) is 8.61. The lowest BCUT2D eigenvalue weighted by Gasteiger charge is -2.24. The summed E-state index contributed by atoms with van der Waals surface area (Å²) in [6.07, 6.45) is 0. The Kier molecular flexibility index (Phi) is 6.03. The maximum Gasteiger partial charge on any atom is 0.239 e. The Morgan fingerprint density at radius 3 is 2.08 bits per heavy atom. The van der Waals surface area contributed by atoms with Crippen LogP contribution in [0.5, 0.6) is 5.75 Å². The molecule has 2 N–H and O–H groups in total. The molecule has 2 aromatic rings. The standard InChI is InChI=1S/C21H26N2O3/c1-14(2)17-8-6-7-9-18(17)23-20(25)21(3,4)19(24)22-15-10-12-16(26-5)13-11-15/h6-14H,1-5H3,(H,22,24)(H,23,25). The van der Waals surface area contributed by atoms with E-state index in [4.69, 9.17) is 4.74 Å². The maximum atomic E-state index is 12.7. The largest absolute Gasteiger partial charge is 0.497 e. The molecule has 5 heteroatoms. The second-order valence-electron chi connectivity index (χ2n) is 7.00. The molecule has 138 valence electrons. The lowest BCUT2D eigenvalue weighted by Crippen LogP contribution is -2.41. The Labute approximate surface area is 154 Å². The Balaban J connectivity index is 2.12. The van der Waals surface area contributed by atoms with Crippen molar-refractivity contribution in [2.75, 3.05) is 17.7 Å². The van der Waals surface area contributed by atoms with Gasteiger partial charge in [-0.2, -0.15) is 0 Å². The lowest BCUT2D eigenvalue weighted by atomic mass is 9.90. The number of nitrogens with one attached hydrogen (secondary N) is 2. The van der Waals surface area contributed by atoms with E-state index in [0.29, 0.717) is 11.4 Å². The lowest BCUT2D eigenvalue weighted by molar-refractivity contribution is -0.135. The highest BCUT2D eigenvalue weighted by atomic mass is 16.5. The van der Waals surface area contributed by atoms with E-state index in [1.165, 1.54) is 0 Å². The van der Waals surface area contributed by atoms with Gasteiger partial charge in [0.15, 0.2) is 0 Å². The van der Waals surface area contributed by atoms with Gasteiger partial charge in [0.1, 0.15) is 11.2 Å². The van der Waals surface area contributed by atoms with Crippen LogP contribution in [0.15, 0.2) is 48.5 Å². The second kappa shape index (κ2) is 8.04. The van der Waals surface area contributed by atoms with Gasteiger partial charge >= 0.3 is 0 Å². The quantitative estimate of drug-likeness (QED) is 0.755. The van der Waals surface area contributed by atoms with Gasteiger partial charge in [0, 0.05) is 11.4 Å². The van der Waals surface area contributed by atoms with Crippen molar-refractivity contribution in [2.24, 2.45) is 5.41 Å². The zero-order chi connectivity index (χ0) is 19.3. The number of anilines is 2. The van der Waals surface area contributed by atoms with Crippen molar-refractivity contribution in [3.8, 4) is 5.75 Å². The van der Waals surface area contributed by atoms with E-state index in [-0.39, 0.29) is 17.7 Å². The van der Waals surface area contributed by atoms with E-state index in [2.05, 4.69) is 24.5 Å². The molecule has 0 heterocycles. The molecule has 2 rings (SSSR count). The first-order chi connectivity index (χ1) is 12.3. The smallest absolute Gasteiger partial charge is 0.239 e. The summed E-state index contributed by atoms with van der Waals surface area (Å²) in [7, 11) is 1.58. The minimum Gasteiger partial charge on any atom is -0.497 e. The molecule has 2 aromatic carbocycles. The summed E-state index contributed by atoms with van der Waals surface area (Å²) in [4.78, 5) is 25.4. The molecule has 0 spiro atoms. The van der Waals surface area contributed by atoms with Gasteiger partial charge in [0.05, 0.1) is 7.11 Å². The average Bonchev–Trinajstić information content (AvgIpc) is 2.62. The molecular formula is C21H26N2O3. The number of hydrogen-bond donors (Lipinski definition) is 2. The summed E-state index contributed by atoms with van der Waals surface area (Å²) >= 11 is 0. The van der Waals surface area contributed by atoms with E-state index in [1.54, 1.807) is 45.2 Å². The van der Waals surface area contributed by atoms with Crippen LogP contribution in [0.2, 0.25) is 0 Å². The van der Waals surface area contributed by atoms with Crippen LogP contribution in [0.3, 0.4) is 0 Å². The molecule has 0 saturated heterocycles. The molecule has 26 heavy (non-hydrogen) atoms. The van der Waals surface area contributed by atoms with E-state index in [9.17, 15) is 9.59 Å². The number of para-hydroxylation sites is 1. The van der Waals surface area contributed by atoms with Gasteiger partial charge < -0.3 is 15.4 Å². The molecule has 0 atom stereocenters. The third-order valence-corrected chi connectivity index (χ3v) is 4.31. The number of carbonyl (C=O) groups excluding carboxylic acids is 2. The predicted molar refractivity (Wildman–Crippen MR) is 105 cm³/mol. The van der Waals surface area contributed by atoms with Crippen LogP contribution < -0.4 is 15.4 Å². The summed E-state index contributed by atoms with van der Waals surface area (Å²) in [6, 6.07) is 14.6.